The summed E-state index contributed by atoms with van der Waals surface area (Å²) in [4.78, 5) is 12.0. The Kier molecular flexibility index (Phi) is 3.35. The SMILES string of the molecule is COc1ccc(Nc2nc(C)nc3cc[nH]c23)c(OC)c1. The van der Waals surface area contributed by atoms with Crippen LogP contribution in [-0.4, -0.2) is 29.2 Å². The Morgan fingerprint density at radius 3 is 2.71 bits per heavy atom. The van der Waals surface area contributed by atoms with Gasteiger partial charge in [0.25, 0.3) is 0 Å². The second kappa shape index (κ2) is 5.32. The molecular formula is C15H16N4O2. The Hall–Kier alpha value is -2.76. The molecule has 0 aliphatic heterocycles. The van der Waals surface area contributed by atoms with Crippen molar-refractivity contribution >= 4 is 22.5 Å². The highest BCUT2D eigenvalue weighted by molar-refractivity contribution is 5.88. The fourth-order valence-corrected chi connectivity index (χ4v) is 2.18. The van der Waals surface area contributed by atoms with Crippen molar-refractivity contribution in [3.8, 4) is 11.5 Å². The third-order valence-electron chi connectivity index (χ3n) is 3.18. The van der Waals surface area contributed by atoms with E-state index in [1.807, 2.05) is 37.4 Å². The second-order valence-corrected chi connectivity index (χ2v) is 4.55. The van der Waals surface area contributed by atoms with E-state index in [4.69, 9.17) is 9.47 Å². The van der Waals surface area contributed by atoms with Gasteiger partial charge in [0.1, 0.15) is 22.8 Å². The van der Waals surface area contributed by atoms with Crippen molar-refractivity contribution in [2.45, 2.75) is 6.92 Å². The van der Waals surface area contributed by atoms with E-state index in [2.05, 4.69) is 20.3 Å². The van der Waals surface area contributed by atoms with Crippen LogP contribution in [0, 0.1) is 6.92 Å². The lowest BCUT2D eigenvalue weighted by Crippen LogP contribution is -2.00. The number of H-pyrrole nitrogens is 1. The number of aromatic amines is 1. The zero-order valence-electron chi connectivity index (χ0n) is 12.1. The number of aryl methyl sites for hydroxylation is 1. The van der Waals surface area contributed by atoms with Crippen LogP contribution in [0.1, 0.15) is 5.82 Å². The molecule has 108 valence electrons. The van der Waals surface area contributed by atoms with Crippen LogP contribution in [0.15, 0.2) is 30.5 Å². The van der Waals surface area contributed by atoms with Crippen molar-refractivity contribution in [2.24, 2.45) is 0 Å². The summed E-state index contributed by atoms with van der Waals surface area (Å²) in [6.45, 7) is 1.86. The summed E-state index contributed by atoms with van der Waals surface area (Å²) in [5.74, 6) is 2.84. The number of rotatable bonds is 4. The number of benzene rings is 1. The minimum atomic E-state index is 0.685. The fourth-order valence-electron chi connectivity index (χ4n) is 2.18. The molecule has 2 N–H and O–H groups in total. The Labute approximate surface area is 122 Å². The molecule has 0 saturated carbocycles. The van der Waals surface area contributed by atoms with Crippen LogP contribution in [0.25, 0.3) is 11.0 Å². The number of aromatic nitrogens is 3. The van der Waals surface area contributed by atoms with Crippen LogP contribution in [0.3, 0.4) is 0 Å². The number of methoxy groups -OCH3 is 2. The molecule has 0 unspecified atom stereocenters. The van der Waals surface area contributed by atoms with Gasteiger partial charge in [-0.1, -0.05) is 0 Å². The molecular weight excluding hydrogens is 268 g/mol. The van der Waals surface area contributed by atoms with Crippen LogP contribution >= 0.6 is 0 Å². The van der Waals surface area contributed by atoms with Crippen LogP contribution in [-0.2, 0) is 0 Å². The number of nitrogens with zero attached hydrogens (tertiary/aromatic N) is 2. The Morgan fingerprint density at radius 1 is 1.10 bits per heavy atom. The lowest BCUT2D eigenvalue weighted by atomic mass is 10.2. The summed E-state index contributed by atoms with van der Waals surface area (Å²) >= 11 is 0. The molecule has 3 aromatic rings. The Bertz CT molecular complexity index is 782. The fraction of sp³-hybridized carbons (Fsp3) is 0.200. The maximum atomic E-state index is 5.39. The quantitative estimate of drug-likeness (QED) is 0.770. The minimum absolute atomic E-state index is 0.685. The van der Waals surface area contributed by atoms with Crippen molar-refractivity contribution in [3.63, 3.8) is 0 Å². The van der Waals surface area contributed by atoms with Crippen LogP contribution in [0.2, 0.25) is 0 Å². The molecule has 2 heterocycles. The van der Waals surface area contributed by atoms with Gasteiger partial charge < -0.3 is 19.8 Å². The third kappa shape index (κ3) is 2.47. The lowest BCUT2D eigenvalue weighted by molar-refractivity contribution is 0.395. The zero-order valence-corrected chi connectivity index (χ0v) is 12.1. The molecule has 0 fully saturated rings. The number of hydrogen-bond donors (Lipinski definition) is 2. The number of nitrogens with one attached hydrogen (secondary N) is 2. The highest BCUT2D eigenvalue weighted by Gasteiger charge is 2.10. The van der Waals surface area contributed by atoms with Gasteiger partial charge in [0, 0.05) is 12.3 Å². The maximum absolute atomic E-state index is 5.39. The Balaban J connectivity index is 2.04. The van der Waals surface area contributed by atoms with Crippen LogP contribution in [0.5, 0.6) is 11.5 Å². The van der Waals surface area contributed by atoms with E-state index < -0.39 is 0 Å². The summed E-state index contributed by atoms with van der Waals surface area (Å²) in [5, 5.41) is 3.28. The average Bonchev–Trinajstić information content (AvgIpc) is 2.96. The normalized spacial score (nSPS) is 10.6. The molecule has 0 aliphatic carbocycles. The standard InChI is InChI=1S/C15H16N4O2/c1-9-17-12-6-7-16-14(12)15(18-9)19-11-5-4-10(20-2)8-13(11)21-3/h4-8,16H,1-3H3,(H,17,18,19). The molecule has 6 heteroatoms. The summed E-state index contributed by atoms with van der Waals surface area (Å²) in [7, 11) is 3.24. The van der Waals surface area contributed by atoms with Crippen LogP contribution < -0.4 is 14.8 Å². The predicted octanol–water partition coefficient (Wildman–Crippen LogP) is 3.03. The number of anilines is 2. The summed E-state index contributed by atoms with van der Waals surface area (Å²) in [6.07, 6.45) is 1.84. The van der Waals surface area contributed by atoms with Gasteiger partial charge in [0.05, 0.1) is 25.4 Å². The van der Waals surface area contributed by atoms with E-state index in [-0.39, 0.29) is 0 Å². The molecule has 0 atom stereocenters. The van der Waals surface area contributed by atoms with Crippen molar-refractivity contribution in [1.29, 1.82) is 0 Å². The largest absolute Gasteiger partial charge is 0.497 e. The zero-order chi connectivity index (χ0) is 14.8. The first kappa shape index (κ1) is 13.2. The molecule has 3 rings (SSSR count). The molecule has 0 bridgehead atoms. The second-order valence-electron chi connectivity index (χ2n) is 4.55. The van der Waals surface area contributed by atoms with Gasteiger partial charge in [0.15, 0.2) is 5.82 Å². The van der Waals surface area contributed by atoms with Gasteiger partial charge in [-0.25, -0.2) is 9.97 Å². The number of hydrogen-bond acceptors (Lipinski definition) is 5. The molecule has 21 heavy (non-hydrogen) atoms. The van der Waals surface area contributed by atoms with Crippen molar-refractivity contribution in [2.75, 3.05) is 19.5 Å². The summed E-state index contributed by atoms with van der Waals surface area (Å²) in [5.41, 5.74) is 2.54. The minimum Gasteiger partial charge on any atom is -0.497 e. The maximum Gasteiger partial charge on any atom is 0.158 e. The molecule has 1 aromatic carbocycles. The van der Waals surface area contributed by atoms with E-state index in [1.54, 1.807) is 14.2 Å². The molecule has 6 nitrogen and oxygen atoms in total. The van der Waals surface area contributed by atoms with E-state index in [0.717, 1.165) is 22.5 Å². The van der Waals surface area contributed by atoms with Crippen molar-refractivity contribution < 1.29 is 9.47 Å². The molecule has 0 amide bonds. The van der Waals surface area contributed by atoms with Gasteiger partial charge in [-0.15, -0.1) is 0 Å². The molecule has 0 radical (unpaired) electrons. The van der Waals surface area contributed by atoms with Gasteiger partial charge in [0.2, 0.25) is 0 Å². The first-order valence-corrected chi connectivity index (χ1v) is 6.52. The van der Waals surface area contributed by atoms with Crippen molar-refractivity contribution in [1.82, 2.24) is 15.0 Å². The number of fused-ring (bicyclic) bond motifs is 1. The van der Waals surface area contributed by atoms with Gasteiger partial charge >= 0.3 is 0 Å². The molecule has 2 aromatic heterocycles. The Morgan fingerprint density at radius 2 is 1.95 bits per heavy atom. The van der Waals surface area contributed by atoms with Crippen molar-refractivity contribution in [3.05, 3.63) is 36.3 Å². The highest BCUT2D eigenvalue weighted by atomic mass is 16.5. The highest BCUT2D eigenvalue weighted by Crippen LogP contribution is 2.32. The first-order valence-electron chi connectivity index (χ1n) is 6.52. The first-order chi connectivity index (χ1) is 10.2. The topological polar surface area (TPSA) is 72.1 Å². The van der Waals surface area contributed by atoms with E-state index in [1.165, 1.54) is 0 Å². The number of ether oxygens (including phenoxy) is 2. The third-order valence-corrected chi connectivity index (χ3v) is 3.18. The molecule has 0 aliphatic rings. The lowest BCUT2D eigenvalue weighted by Gasteiger charge is -2.12. The average molecular weight is 284 g/mol. The van der Waals surface area contributed by atoms with Gasteiger partial charge in [-0.2, -0.15) is 0 Å². The molecule has 0 saturated heterocycles. The predicted molar refractivity (Wildman–Crippen MR) is 81.5 cm³/mol. The van der Waals surface area contributed by atoms with E-state index in [0.29, 0.717) is 17.4 Å². The smallest absolute Gasteiger partial charge is 0.158 e. The van der Waals surface area contributed by atoms with Gasteiger partial charge in [-0.05, 0) is 25.1 Å². The summed E-state index contributed by atoms with van der Waals surface area (Å²) in [6, 6.07) is 7.50. The molecule has 0 spiro atoms. The van der Waals surface area contributed by atoms with E-state index in [9.17, 15) is 0 Å². The van der Waals surface area contributed by atoms with Gasteiger partial charge in [-0.3, -0.25) is 0 Å². The monoisotopic (exact) mass is 284 g/mol. The summed E-state index contributed by atoms with van der Waals surface area (Å²) < 4.78 is 10.6. The van der Waals surface area contributed by atoms with Crippen LogP contribution in [0.4, 0.5) is 11.5 Å². The van der Waals surface area contributed by atoms with E-state index >= 15 is 0 Å².